The van der Waals surface area contributed by atoms with E-state index < -0.39 is 0 Å². The van der Waals surface area contributed by atoms with Gasteiger partial charge in [0.1, 0.15) is 5.76 Å². The van der Waals surface area contributed by atoms with Gasteiger partial charge < -0.3 is 8.98 Å². The highest BCUT2D eigenvalue weighted by atomic mass is 16.3. The summed E-state index contributed by atoms with van der Waals surface area (Å²) < 4.78 is 8.13. The third-order valence-corrected chi connectivity index (χ3v) is 3.49. The summed E-state index contributed by atoms with van der Waals surface area (Å²) in [6.07, 6.45) is 4.38. The van der Waals surface area contributed by atoms with E-state index in [2.05, 4.69) is 57.6 Å². The van der Waals surface area contributed by atoms with E-state index in [4.69, 9.17) is 4.42 Å². The number of furan rings is 1. The van der Waals surface area contributed by atoms with Crippen LogP contribution in [0.3, 0.4) is 0 Å². The van der Waals surface area contributed by atoms with Crippen LogP contribution in [-0.2, 0) is 13.5 Å². The molecule has 2 heterocycles. The van der Waals surface area contributed by atoms with Crippen molar-refractivity contribution < 1.29 is 4.42 Å². The first-order valence-corrected chi connectivity index (χ1v) is 6.79. The molecule has 0 unspecified atom stereocenters. The van der Waals surface area contributed by atoms with Crippen LogP contribution in [0.1, 0.15) is 50.0 Å². The minimum Gasteiger partial charge on any atom is -0.460 e. The van der Waals surface area contributed by atoms with Gasteiger partial charge in [0.15, 0.2) is 5.76 Å². The predicted octanol–water partition coefficient (Wildman–Crippen LogP) is 4.67. The van der Waals surface area contributed by atoms with Gasteiger partial charge in [-0.1, -0.05) is 27.2 Å². The lowest BCUT2D eigenvalue weighted by Crippen LogP contribution is -1.92. The van der Waals surface area contributed by atoms with Crippen LogP contribution in [0.5, 0.6) is 0 Å². The molecule has 2 aromatic heterocycles. The third-order valence-electron chi connectivity index (χ3n) is 3.49. The molecule has 0 spiro atoms. The Morgan fingerprint density at radius 1 is 1.33 bits per heavy atom. The fourth-order valence-electron chi connectivity index (χ4n) is 2.57. The van der Waals surface area contributed by atoms with Gasteiger partial charge in [0.05, 0.1) is 5.69 Å². The molecule has 2 rings (SSSR count). The number of hydrogen-bond acceptors (Lipinski definition) is 1. The third kappa shape index (κ3) is 2.24. The Labute approximate surface area is 110 Å². The van der Waals surface area contributed by atoms with Crippen LogP contribution in [0.15, 0.2) is 22.7 Å². The van der Waals surface area contributed by atoms with Crippen LogP contribution >= 0.6 is 0 Å². The molecule has 0 fully saturated rings. The Bertz CT molecular complexity index is 531. The first-order chi connectivity index (χ1) is 8.54. The average Bonchev–Trinajstić information content (AvgIpc) is 2.83. The predicted molar refractivity (Wildman–Crippen MR) is 75.9 cm³/mol. The number of aryl methyl sites for hydroxylation is 3. The fourth-order valence-corrected chi connectivity index (χ4v) is 2.57. The summed E-state index contributed by atoms with van der Waals surface area (Å²) in [6, 6.07) is 4.40. The molecule has 0 aromatic carbocycles. The number of nitrogens with zero attached hydrogens (tertiary/aromatic N) is 1. The van der Waals surface area contributed by atoms with E-state index in [1.54, 1.807) is 0 Å². The SMILES string of the molecule is CCCc1ccn(C)c1-c1cc(C(C)C)c(C)o1. The van der Waals surface area contributed by atoms with Crippen molar-refractivity contribution in [3.63, 3.8) is 0 Å². The van der Waals surface area contributed by atoms with Gasteiger partial charge in [-0.2, -0.15) is 0 Å². The highest BCUT2D eigenvalue weighted by Crippen LogP contribution is 2.32. The monoisotopic (exact) mass is 245 g/mol. The van der Waals surface area contributed by atoms with E-state index in [1.807, 2.05) is 0 Å². The summed E-state index contributed by atoms with van der Waals surface area (Å²) in [4.78, 5) is 0. The Morgan fingerprint density at radius 3 is 2.61 bits per heavy atom. The van der Waals surface area contributed by atoms with Gasteiger partial charge in [0, 0.05) is 13.2 Å². The van der Waals surface area contributed by atoms with Crippen molar-refractivity contribution in [3.8, 4) is 11.5 Å². The maximum atomic E-state index is 5.97. The van der Waals surface area contributed by atoms with E-state index in [0.29, 0.717) is 5.92 Å². The number of hydrogen-bond donors (Lipinski definition) is 0. The highest BCUT2D eigenvalue weighted by Gasteiger charge is 2.16. The topological polar surface area (TPSA) is 18.1 Å². The van der Waals surface area contributed by atoms with Crippen molar-refractivity contribution in [2.24, 2.45) is 7.05 Å². The molecule has 0 amide bonds. The highest BCUT2D eigenvalue weighted by molar-refractivity contribution is 5.60. The molecule has 2 aromatic rings. The second kappa shape index (κ2) is 5.05. The molecule has 98 valence electrons. The first-order valence-electron chi connectivity index (χ1n) is 6.79. The fraction of sp³-hybridized carbons (Fsp3) is 0.500. The zero-order valence-corrected chi connectivity index (χ0v) is 12.1. The van der Waals surface area contributed by atoms with Gasteiger partial charge in [-0.05, 0) is 42.5 Å². The molecule has 0 bridgehead atoms. The van der Waals surface area contributed by atoms with Crippen molar-refractivity contribution >= 4 is 0 Å². The lowest BCUT2D eigenvalue weighted by atomic mass is 10.0. The molecule has 0 aliphatic heterocycles. The minimum absolute atomic E-state index is 0.511. The largest absolute Gasteiger partial charge is 0.460 e. The lowest BCUT2D eigenvalue weighted by Gasteiger charge is -2.03. The zero-order valence-electron chi connectivity index (χ0n) is 12.1. The van der Waals surface area contributed by atoms with Crippen LogP contribution in [0, 0.1) is 6.92 Å². The molecule has 0 aliphatic carbocycles. The number of rotatable bonds is 4. The lowest BCUT2D eigenvalue weighted by molar-refractivity contribution is 0.535. The molecule has 0 N–H and O–H groups in total. The number of aromatic nitrogens is 1. The average molecular weight is 245 g/mol. The van der Waals surface area contributed by atoms with Crippen molar-refractivity contribution in [2.75, 3.05) is 0 Å². The summed E-state index contributed by atoms with van der Waals surface area (Å²) in [5.74, 6) is 2.56. The Hall–Kier alpha value is -1.44. The first kappa shape index (κ1) is 13.0. The van der Waals surface area contributed by atoms with Gasteiger partial charge in [-0.25, -0.2) is 0 Å². The maximum Gasteiger partial charge on any atom is 0.151 e. The normalized spacial score (nSPS) is 11.4. The summed E-state index contributed by atoms with van der Waals surface area (Å²) in [6.45, 7) is 8.68. The van der Waals surface area contributed by atoms with Gasteiger partial charge in [0.25, 0.3) is 0 Å². The zero-order chi connectivity index (χ0) is 13.3. The Balaban J connectivity index is 2.48. The Kier molecular flexibility index (Phi) is 3.65. The molecule has 0 atom stereocenters. The van der Waals surface area contributed by atoms with E-state index in [-0.39, 0.29) is 0 Å². The van der Waals surface area contributed by atoms with Crippen LogP contribution in [0.25, 0.3) is 11.5 Å². The summed E-state index contributed by atoms with van der Waals surface area (Å²) in [5.41, 5.74) is 3.92. The minimum atomic E-state index is 0.511. The summed E-state index contributed by atoms with van der Waals surface area (Å²) in [7, 11) is 2.08. The van der Waals surface area contributed by atoms with Gasteiger partial charge in [0.2, 0.25) is 0 Å². The second-order valence-electron chi connectivity index (χ2n) is 5.33. The van der Waals surface area contributed by atoms with Crippen molar-refractivity contribution in [1.29, 1.82) is 0 Å². The van der Waals surface area contributed by atoms with Gasteiger partial charge in [-0.3, -0.25) is 0 Å². The molecule has 0 saturated carbocycles. The van der Waals surface area contributed by atoms with E-state index in [9.17, 15) is 0 Å². The van der Waals surface area contributed by atoms with Crippen LogP contribution in [0.2, 0.25) is 0 Å². The summed E-state index contributed by atoms with van der Waals surface area (Å²) >= 11 is 0. The summed E-state index contributed by atoms with van der Waals surface area (Å²) in [5, 5.41) is 0. The van der Waals surface area contributed by atoms with E-state index in [0.717, 1.165) is 24.4 Å². The van der Waals surface area contributed by atoms with Crippen LogP contribution in [0.4, 0.5) is 0 Å². The maximum absolute atomic E-state index is 5.97. The van der Waals surface area contributed by atoms with Crippen LogP contribution < -0.4 is 0 Å². The van der Waals surface area contributed by atoms with Crippen molar-refractivity contribution in [1.82, 2.24) is 4.57 Å². The van der Waals surface area contributed by atoms with Gasteiger partial charge >= 0.3 is 0 Å². The van der Waals surface area contributed by atoms with E-state index in [1.165, 1.54) is 16.8 Å². The standard InChI is InChI=1S/C16H23NO/c1-6-7-13-8-9-17(5)16(13)15-10-14(11(2)3)12(4)18-15/h8-11H,6-7H2,1-5H3. The molecule has 18 heavy (non-hydrogen) atoms. The van der Waals surface area contributed by atoms with Crippen LogP contribution in [-0.4, -0.2) is 4.57 Å². The van der Waals surface area contributed by atoms with Crippen molar-refractivity contribution in [2.45, 2.75) is 46.5 Å². The second-order valence-corrected chi connectivity index (χ2v) is 5.33. The van der Waals surface area contributed by atoms with Crippen molar-refractivity contribution in [3.05, 3.63) is 35.2 Å². The smallest absolute Gasteiger partial charge is 0.151 e. The molecular weight excluding hydrogens is 222 g/mol. The molecule has 0 saturated heterocycles. The van der Waals surface area contributed by atoms with E-state index >= 15 is 0 Å². The molecular formula is C16H23NO. The Morgan fingerprint density at radius 2 is 2.06 bits per heavy atom. The quantitative estimate of drug-likeness (QED) is 0.765. The molecule has 0 aliphatic rings. The van der Waals surface area contributed by atoms with Gasteiger partial charge in [-0.15, -0.1) is 0 Å². The molecule has 0 radical (unpaired) electrons. The molecule has 2 heteroatoms. The molecule has 2 nitrogen and oxygen atoms in total.